The molecule has 0 aromatic carbocycles. The third-order valence-electron chi connectivity index (χ3n) is 2.20. The minimum Gasteiger partial charge on any atom is -0.394 e. The lowest BCUT2D eigenvalue weighted by Crippen LogP contribution is -2.38. The van der Waals surface area contributed by atoms with Crippen LogP contribution < -0.4 is 5.32 Å². The van der Waals surface area contributed by atoms with Crippen molar-refractivity contribution in [3.05, 3.63) is 23.0 Å². The average molecular weight is 245 g/mol. The van der Waals surface area contributed by atoms with Crippen molar-refractivity contribution in [2.24, 2.45) is 5.92 Å². The second-order valence-corrected chi connectivity index (χ2v) is 4.65. The Labute approximate surface area is 100 Å². The van der Waals surface area contributed by atoms with E-state index in [9.17, 15) is 4.79 Å². The summed E-state index contributed by atoms with van der Waals surface area (Å²) in [5.41, 5.74) is 0.409. The maximum Gasteiger partial charge on any atom is 0.268 e. The second-order valence-electron chi connectivity index (χ2n) is 4.21. The summed E-state index contributed by atoms with van der Waals surface area (Å²) >= 11 is 5.70. The summed E-state index contributed by atoms with van der Waals surface area (Å²) in [6.45, 7) is 4.03. The van der Waals surface area contributed by atoms with Gasteiger partial charge in [-0.1, -0.05) is 25.4 Å². The first-order valence-corrected chi connectivity index (χ1v) is 5.66. The molecule has 1 heterocycles. The highest BCUT2D eigenvalue weighted by molar-refractivity contribution is 6.30. The van der Waals surface area contributed by atoms with Crippen LogP contribution in [-0.2, 0) is 0 Å². The molecule has 16 heavy (non-hydrogen) atoms. The number of halogens is 1. The second kappa shape index (κ2) is 5.92. The number of amides is 1. The normalized spacial score (nSPS) is 12.8. The van der Waals surface area contributed by atoms with Crippen molar-refractivity contribution < 1.29 is 9.90 Å². The smallest absolute Gasteiger partial charge is 0.268 e. The van der Waals surface area contributed by atoms with Gasteiger partial charge in [0.15, 0.2) is 0 Å². The van der Waals surface area contributed by atoms with Crippen LogP contribution in [0, 0.1) is 5.92 Å². The molecule has 1 rings (SSSR count). The fraction of sp³-hybridized carbons (Fsp3) is 0.545. The van der Waals surface area contributed by atoms with Crippen molar-refractivity contribution in [3.8, 4) is 0 Å². The van der Waals surface area contributed by atoms with E-state index in [2.05, 4.69) is 10.3 Å². The zero-order valence-electron chi connectivity index (χ0n) is 9.46. The highest BCUT2D eigenvalue weighted by Gasteiger charge is 2.15. The lowest BCUT2D eigenvalue weighted by atomic mass is 10.0. The number of rotatable bonds is 5. The molecule has 0 aliphatic heterocycles. The zero-order valence-corrected chi connectivity index (χ0v) is 10.2. The lowest BCUT2D eigenvalue weighted by Gasteiger charge is -2.17. The van der Waals surface area contributed by atoms with E-state index in [1.807, 2.05) is 13.8 Å². The minimum atomic E-state index is -0.244. The van der Waals surface area contributed by atoms with Gasteiger partial charge in [0, 0.05) is 6.20 Å². The molecular weight excluding hydrogens is 228 g/mol. The Hall–Kier alpha value is -1.00. The molecule has 0 radical (unpaired) electrons. The van der Waals surface area contributed by atoms with Gasteiger partial charge in [-0.3, -0.25) is 4.79 Å². The van der Waals surface area contributed by atoms with Gasteiger partial charge in [0.2, 0.25) is 0 Å². The molecule has 4 nitrogen and oxygen atoms in total. The summed E-state index contributed by atoms with van der Waals surface area (Å²) in [6.07, 6.45) is 2.30. The van der Waals surface area contributed by atoms with E-state index >= 15 is 0 Å². The molecule has 0 saturated carbocycles. The van der Waals surface area contributed by atoms with E-state index < -0.39 is 0 Å². The third-order valence-corrected chi connectivity index (χ3v) is 2.42. The summed E-state index contributed by atoms with van der Waals surface area (Å²) in [5.74, 6) is 0.177. The minimum absolute atomic E-state index is 0.0572. The number of aromatic nitrogens is 1. The van der Waals surface area contributed by atoms with Gasteiger partial charge in [-0.05, 0) is 18.4 Å². The molecule has 1 aromatic rings. The fourth-order valence-electron chi connectivity index (χ4n) is 1.51. The number of H-pyrrole nitrogens is 1. The molecule has 1 aromatic heterocycles. The molecule has 0 spiro atoms. The predicted octanol–water partition coefficient (Wildman–Crippen LogP) is 1.80. The number of aliphatic hydroxyl groups is 1. The molecule has 0 aliphatic rings. The van der Waals surface area contributed by atoms with Crippen LogP contribution in [0.15, 0.2) is 12.3 Å². The first-order valence-electron chi connectivity index (χ1n) is 5.28. The van der Waals surface area contributed by atoms with Gasteiger partial charge in [0.25, 0.3) is 5.91 Å². The Morgan fingerprint density at radius 2 is 2.31 bits per heavy atom. The number of hydrogen-bond acceptors (Lipinski definition) is 2. The van der Waals surface area contributed by atoms with E-state index in [1.54, 1.807) is 12.3 Å². The third kappa shape index (κ3) is 3.87. The van der Waals surface area contributed by atoms with Crippen molar-refractivity contribution in [2.75, 3.05) is 6.61 Å². The molecular formula is C11H17ClN2O2. The molecule has 0 saturated heterocycles. The Kier molecular flexibility index (Phi) is 4.83. The van der Waals surface area contributed by atoms with Crippen molar-refractivity contribution in [2.45, 2.75) is 26.3 Å². The highest BCUT2D eigenvalue weighted by atomic mass is 35.5. The maximum absolute atomic E-state index is 11.7. The molecule has 1 atom stereocenters. The number of hydrogen-bond donors (Lipinski definition) is 3. The van der Waals surface area contributed by atoms with Crippen LogP contribution in [0.2, 0.25) is 5.02 Å². The topological polar surface area (TPSA) is 65.1 Å². The number of carbonyl (C=O) groups excluding carboxylic acids is 1. The van der Waals surface area contributed by atoms with Gasteiger partial charge in [-0.25, -0.2) is 0 Å². The van der Waals surface area contributed by atoms with Crippen molar-refractivity contribution in [1.29, 1.82) is 0 Å². The Morgan fingerprint density at radius 3 is 2.75 bits per heavy atom. The highest BCUT2D eigenvalue weighted by Crippen LogP contribution is 2.10. The standard InChI is InChI=1S/C11H17ClN2O2/c1-7(2)3-9(6-15)14-11(16)10-4-8(12)5-13-10/h4-5,7,9,13,15H,3,6H2,1-2H3,(H,14,16). The summed E-state index contributed by atoms with van der Waals surface area (Å²) in [7, 11) is 0. The maximum atomic E-state index is 11.7. The summed E-state index contributed by atoms with van der Waals surface area (Å²) in [5, 5.41) is 12.4. The summed E-state index contributed by atoms with van der Waals surface area (Å²) in [6, 6.07) is 1.34. The van der Waals surface area contributed by atoms with E-state index in [-0.39, 0.29) is 18.6 Å². The van der Waals surface area contributed by atoms with E-state index in [4.69, 9.17) is 16.7 Å². The van der Waals surface area contributed by atoms with Gasteiger partial charge in [0.1, 0.15) is 5.69 Å². The SMILES string of the molecule is CC(C)CC(CO)NC(=O)c1cc(Cl)c[nH]1. The Balaban J connectivity index is 2.55. The van der Waals surface area contributed by atoms with Crippen molar-refractivity contribution in [1.82, 2.24) is 10.3 Å². The van der Waals surface area contributed by atoms with Gasteiger partial charge in [-0.15, -0.1) is 0 Å². The Morgan fingerprint density at radius 1 is 1.62 bits per heavy atom. The fourth-order valence-corrected chi connectivity index (χ4v) is 1.67. The largest absolute Gasteiger partial charge is 0.394 e. The molecule has 1 amide bonds. The van der Waals surface area contributed by atoms with Crippen LogP contribution >= 0.6 is 11.6 Å². The van der Waals surface area contributed by atoms with Gasteiger partial charge >= 0.3 is 0 Å². The van der Waals surface area contributed by atoms with E-state index in [0.29, 0.717) is 16.6 Å². The van der Waals surface area contributed by atoms with Gasteiger partial charge in [-0.2, -0.15) is 0 Å². The molecule has 90 valence electrons. The molecule has 3 N–H and O–H groups in total. The quantitative estimate of drug-likeness (QED) is 0.740. The van der Waals surface area contributed by atoms with Crippen LogP contribution in [0.25, 0.3) is 0 Å². The molecule has 1 unspecified atom stereocenters. The van der Waals surface area contributed by atoms with Crippen molar-refractivity contribution in [3.63, 3.8) is 0 Å². The van der Waals surface area contributed by atoms with Crippen LogP contribution in [0.1, 0.15) is 30.8 Å². The van der Waals surface area contributed by atoms with Crippen LogP contribution in [-0.4, -0.2) is 28.6 Å². The van der Waals surface area contributed by atoms with Crippen LogP contribution in [0.3, 0.4) is 0 Å². The summed E-state index contributed by atoms with van der Waals surface area (Å²) < 4.78 is 0. The number of nitrogens with one attached hydrogen (secondary N) is 2. The van der Waals surface area contributed by atoms with Gasteiger partial charge in [0.05, 0.1) is 17.7 Å². The monoisotopic (exact) mass is 244 g/mol. The van der Waals surface area contributed by atoms with Gasteiger partial charge < -0.3 is 15.4 Å². The number of aliphatic hydroxyl groups excluding tert-OH is 1. The van der Waals surface area contributed by atoms with E-state index in [0.717, 1.165) is 6.42 Å². The average Bonchev–Trinajstić information content (AvgIpc) is 2.63. The molecule has 0 aliphatic carbocycles. The van der Waals surface area contributed by atoms with Crippen molar-refractivity contribution >= 4 is 17.5 Å². The summed E-state index contributed by atoms with van der Waals surface area (Å²) in [4.78, 5) is 14.5. The predicted molar refractivity (Wildman–Crippen MR) is 63.6 cm³/mol. The first kappa shape index (κ1) is 13.1. The zero-order chi connectivity index (χ0) is 12.1. The van der Waals surface area contributed by atoms with E-state index in [1.165, 1.54) is 0 Å². The Bertz CT molecular complexity index is 350. The molecule has 0 fully saturated rings. The van der Waals surface area contributed by atoms with Crippen LogP contribution in [0.5, 0.6) is 0 Å². The number of aromatic amines is 1. The van der Waals surface area contributed by atoms with Crippen LogP contribution in [0.4, 0.5) is 0 Å². The first-order chi connectivity index (χ1) is 7.52. The molecule has 5 heteroatoms. The number of carbonyl (C=O) groups is 1. The molecule has 0 bridgehead atoms. The lowest BCUT2D eigenvalue weighted by molar-refractivity contribution is 0.0904.